The van der Waals surface area contributed by atoms with Gasteiger partial charge in [0.1, 0.15) is 17.6 Å². The smallest absolute Gasteiger partial charge is 0.415 e. The standard InChI is InChI=1S/C20H30F2O7S/c1-19(15-9-13-8-14(11-15)12-16(19)10-13)27-17(23)6-4-2-3-5-7-26-18(24)20(21,22)30-29-28-25/h13-16,25H,2-12H2,1H3/p-1. The van der Waals surface area contributed by atoms with E-state index in [-0.39, 0.29) is 18.2 Å². The Hall–Kier alpha value is -0.970. The van der Waals surface area contributed by atoms with Crippen LogP contribution in [0, 0.1) is 23.7 Å². The van der Waals surface area contributed by atoms with Gasteiger partial charge in [-0.1, -0.05) is 12.8 Å². The van der Waals surface area contributed by atoms with E-state index in [1.165, 1.54) is 32.1 Å². The largest absolute Gasteiger partial charge is 0.691 e. The average Bonchev–Trinajstić information content (AvgIpc) is 2.69. The van der Waals surface area contributed by atoms with Gasteiger partial charge >= 0.3 is 17.2 Å². The predicted molar refractivity (Wildman–Crippen MR) is 100 cm³/mol. The maximum Gasteiger partial charge on any atom is 0.415 e. The first-order chi connectivity index (χ1) is 14.2. The molecule has 0 N–H and O–H groups in total. The van der Waals surface area contributed by atoms with Crippen LogP contribution in [0.3, 0.4) is 0 Å². The van der Waals surface area contributed by atoms with E-state index in [1.807, 2.05) is 0 Å². The molecule has 0 aromatic heterocycles. The van der Waals surface area contributed by atoms with Crippen molar-refractivity contribution in [2.24, 2.45) is 23.7 Å². The van der Waals surface area contributed by atoms with Crippen LogP contribution >= 0.6 is 12.0 Å². The summed E-state index contributed by atoms with van der Waals surface area (Å²) in [5, 5.41) is 8.32. The minimum atomic E-state index is -4.01. The monoisotopic (exact) mass is 451 g/mol. The molecule has 172 valence electrons. The third kappa shape index (κ3) is 5.63. The molecule has 0 atom stereocenters. The quantitative estimate of drug-likeness (QED) is 0.146. The fourth-order valence-corrected chi connectivity index (χ4v) is 5.89. The van der Waals surface area contributed by atoms with Crippen molar-refractivity contribution in [2.75, 3.05) is 6.61 Å². The van der Waals surface area contributed by atoms with Crippen molar-refractivity contribution < 1.29 is 42.5 Å². The van der Waals surface area contributed by atoms with Gasteiger partial charge < -0.3 is 14.7 Å². The Bertz CT molecular complexity index is 588. The molecule has 0 aromatic rings. The predicted octanol–water partition coefficient (Wildman–Crippen LogP) is 3.70. The van der Waals surface area contributed by atoms with Gasteiger partial charge in [-0.05, 0) is 75.5 Å². The van der Waals surface area contributed by atoms with Crippen LogP contribution in [-0.4, -0.2) is 29.4 Å². The zero-order chi connectivity index (χ0) is 21.8. The van der Waals surface area contributed by atoms with Crippen molar-refractivity contribution in [1.82, 2.24) is 0 Å². The molecule has 0 spiro atoms. The maximum atomic E-state index is 13.1. The molecule has 4 fully saturated rings. The van der Waals surface area contributed by atoms with Crippen molar-refractivity contribution >= 4 is 24.0 Å². The van der Waals surface area contributed by atoms with Crippen molar-refractivity contribution in [3.05, 3.63) is 0 Å². The van der Waals surface area contributed by atoms with Gasteiger partial charge in [-0.3, -0.25) is 9.83 Å². The van der Waals surface area contributed by atoms with Crippen molar-refractivity contribution in [1.29, 1.82) is 0 Å². The van der Waals surface area contributed by atoms with E-state index in [0.717, 1.165) is 11.8 Å². The molecule has 4 aliphatic carbocycles. The molecule has 0 radical (unpaired) electrons. The molecule has 0 amide bonds. The third-order valence-corrected chi connectivity index (χ3v) is 7.51. The Morgan fingerprint density at radius 2 is 1.63 bits per heavy atom. The van der Waals surface area contributed by atoms with E-state index in [0.29, 0.717) is 43.9 Å². The number of carbonyl (C=O) groups excluding carboxylic acids is 2. The molecule has 4 rings (SSSR count). The lowest BCUT2D eigenvalue weighted by atomic mass is 9.50. The van der Waals surface area contributed by atoms with Gasteiger partial charge in [0, 0.05) is 6.42 Å². The first-order valence-corrected chi connectivity index (χ1v) is 11.4. The fraction of sp³-hybridized carbons (Fsp3) is 0.900. The van der Waals surface area contributed by atoms with Gasteiger partial charge in [0.05, 0.1) is 6.61 Å². The number of esters is 2. The van der Waals surface area contributed by atoms with E-state index in [1.54, 1.807) is 0 Å². The molecule has 4 bridgehead atoms. The number of halogens is 2. The molecule has 0 aliphatic heterocycles. The summed E-state index contributed by atoms with van der Waals surface area (Å²) in [5.41, 5.74) is -0.317. The Labute approximate surface area is 179 Å². The van der Waals surface area contributed by atoms with E-state index in [2.05, 4.69) is 21.0 Å². The Morgan fingerprint density at radius 1 is 1.03 bits per heavy atom. The van der Waals surface area contributed by atoms with E-state index < -0.39 is 23.3 Å². The first-order valence-electron chi connectivity index (χ1n) is 10.7. The summed E-state index contributed by atoms with van der Waals surface area (Å²) >= 11 is -0.710. The van der Waals surface area contributed by atoms with E-state index >= 15 is 0 Å². The molecule has 4 saturated carbocycles. The van der Waals surface area contributed by atoms with Crippen LogP contribution in [-0.2, 0) is 28.4 Å². The fourth-order valence-electron chi connectivity index (χ4n) is 5.65. The normalized spacial score (nSPS) is 32.3. The Balaban J connectivity index is 1.26. The summed E-state index contributed by atoms with van der Waals surface area (Å²) in [6.07, 6.45) is 8.80. The van der Waals surface area contributed by atoms with Crippen LogP contribution in [0.2, 0.25) is 0 Å². The van der Waals surface area contributed by atoms with Gasteiger partial charge in [0.25, 0.3) is 0 Å². The highest BCUT2D eigenvalue weighted by atomic mass is 32.2. The first kappa shape index (κ1) is 23.7. The summed E-state index contributed by atoms with van der Waals surface area (Å²) in [7, 11) is 0. The number of hydrogen-bond acceptors (Lipinski definition) is 8. The van der Waals surface area contributed by atoms with Crippen LogP contribution in [0.1, 0.15) is 71.1 Å². The summed E-state index contributed by atoms with van der Waals surface area (Å²) in [6, 6.07) is 0. The van der Waals surface area contributed by atoms with Gasteiger partial charge in [0.2, 0.25) is 0 Å². The summed E-state index contributed by atoms with van der Waals surface area (Å²) < 4.78 is 40.2. The van der Waals surface area contributed by atoms with Gasteiger partial charge in [-0.2, -0.15) is 13.1 Å². The lowest BCUT2D eigenvalue weighted by Crippen LogP contribution is -2.57. The number of ether oxygens (including phenoxy) is 2. The molecular weight excluding hydrogens is 422 g/mol. The lowest BCUT2D eigenvalue weighted by Gasteiger charge is -2.59. The van der Waals surface area contributed by atoms with Crippen LogP contribution in [0.4, 0.5) is 8.78 Å². The second-order valence-electron chi connectivity index (χ2n) is 9.00. The number of alkyl halides is 2. The van der Waals surface area contributed by atoms with Crippen LogP contribution in [0.25, 0.3) is 0 Å². The van der Waals surface area contributed by atoms with Crippen molar-refractivity contribution in [3.63, 3.8) is 0 Å². The number of carbonyl (C=O) groups is 2. The number of rotatable bonds is 12. The van der Waals surface area contributed by atoms with Crippen LogP contribution in [0.5, 0.6) is 0 Å². The summed E-state index contributed by atoms with van der Waals surface area (Å²) in [4.78, 5) is 23.6. The molecular formula is C20H29F2O7S-. The second-order valence-corrected chi connectivity index (χ2v) is 9.81. The summed E-state index contributed by atoms with van der Waals surface area (Å²) in [5.74, 6) is 0.674. The van der Waals surface area contributed by atoms with Crippen LogP contribution in [0.15, 0.2) is 0 Å². The van der Waals surface area contributed by atoms with E-state index in [4.69, 9.17) is 4.74 Å². The highest BCUT2D eigenvalue weighted by Crippen LogP contribution is 2.59. The third-order valence-electron chi connectivity index (χ3n) is 7.01. The molecule has 7 nitrogen and oxygen atoms in total. The van der Waals surface area contributed by atoms with Crippen molar-refractivity contribution in [3.8, 4) is 0 Å². The van der Waals surface area contributed by atoms with Gasteiger partial charge in [-0.25, -0.2) is 4.79 Å². The molecule has 0 aromatic carbocycles. The minimum absolute atomic E-state index is 0.159. The molecule has 30 heavy (non-hydrogen) atoms. The average molecular weight is 452 g/mol. The van der Waals surface area contributed by atoms with Crippen LogP contribution < -0.4 is 5.26 Å². The summed E-state index contributed by atoms with van der Waals surface area (Å²) in [6.45, 7) is 1.94. The van der Waals surface area contributed by atoms with Gasteiger partial charge in [-0.15, -0.1) is 0 Å². The second kappa shape index (κ2) is 10.1. The molecule has 0 saturated heterocycles. The topological polar surface area (TPSA) is 94.1 Å². The lowest BCUT2D eigenvalue weighted by molar-refractivity contribution is -0.777. The van der Waals surface area contributed by atoms with Crippen molar-refractivity contribution in [2.45, 2.75) is 82.0 Å². The Kier molecular flexibility index (Phi) is 7.97. The zero-order valence-electron chi connectivity index (χ0n) is 17.1. The highest BCUT2D eigenvalue weighted by Gasteiger charge is 2.56. The highest BCUT2D eigenvalue weighted by molar-refractivity contribution is 7.96. The molecule has 10 heteroatoms. The maximum absolute atomic E-state index is 13.1. The number of hydrogen-bond donors (Lipinski definition) is 0. The molecule has 0 unspecified atom stereocenters. The minimum Gasteiger partial charge on any atom is -0.691 e. The Morgan fingerprint density at radius 3 is 2.23 bits per heavy atom. The molecule has 0 heterocycles. The SMILES string of the molecule is CC1(OC(=O)CCCCCCOC(=O)C(F)(F)SOO[O-])C2CC3CC(C2)CC1C3. The van der Waals surface area contributed by atoms with E-state index in [9.17, 15) is 23.6 Å². The number of unbranched alkanes of at least 4 members (excludes halogenated alkanes) is 3. The molecule has 4 aliphatic rings. The zero-order valence-corrected chi connectivity index (χ0v) is 17.9. The van der Waals surface area contributed by atoms with Gasteiger partial charge in [0.15, 0.2) is 0 Å².